The molecule has 0 fully saturated rings. The van der Waals surface area contributed by atoms with Crippen molar-refractivity contribution < 1.29 is 14.6 Å². The lowest BCUT2D eigenvalue weighted by Crippen LogP contribution is -1.86. The van der Waals surface area contributed by atoms with Crippen LogP contribution < -0.4 is 5.73 Å². The Hall–Kier alpha value is -1.76. The maximum atomic E-state index is 13.2. The molecule has 1 aromatic heterocycles. The number of aromatic amines is 1. The van der Waals surface area contributed by atoms with Crippen LogP contribution in [-0.4, -0.2) is 20.4 Å². The Bertz CT molecular complexity index is 556. The van der Waals surface area contributed by atoms with Crippen LogP contribution in [0, 0.1) is 5.82 Å². The molecule has 7 heteroatoms. The number of rotatable bonds is 1. The first kappa shape index (κ1) is 10.7. The summed E-state index contributed by atoms with van der Waals surface area (Å²) < 4.78 is 13.2. The topological polar surface area (TPSA) is 95.2 Å². The molecule has 0 aliphatic heterocycles. The highest BCUT2D eigenvalue weighted by Gasteiger charge is 2.18. The number of nitrogens with one attached hydrogen (secondary N) is 1. The molecule has 0 saturated carbocycles. The Kier molecular flexibility index (Phi) is 2.47. The summed E-state index contributed by atoms with van der Waals surface area (Å²) in [7, 11) is 0. The van der Waals surface area contributed by atoms with E-state index in [-0.39, 0.29) is 15.9 Å². The van der Waals surface area contributed by atoms with E-state index >= 15 is 0 Å². The number of hydrogen-bond acceptors (Lipinski definition) is 4. The minimum absolute atomic E-state index is 0.0333. The van der Waals surface area contributed by atoms with Crippen molar-refractivity contribution in [2.75, 3.05) is 5.73 Å². The van der Waals surface area contributed by atoms with Gasteiger partial charge in [-0.1, -0.05) is 0 Å². The number of nitrogens with zero attached hydrogens (tertiary/aromatic N) is 1. The molecule has 0 aliphatic carbocycles. The molecule has 1 aromatic carbocycles. The maximum absolute atomic E-state index is 13.2. The average Bonchev–Trinajstić information content (AvgIpc) is 2.67. The van der Waals surface area contributed by atoms with Gasteiger partial charge in [-0.2, -0.15) is 5.10 Å². The summed E-state index contributed by atoms with van der Waals surface area (Å²) in [5.74, 6) is -2.08. The van der Waals surface area contributed by atoms with Crippen LogP contribution in [0.2, 0.25) is 0 Å². The van der Waals surface area contributed by atoms with E-state index in [2.05, 4.69) is 26.1 Å². The standard InChI is InChI=1S/C9H7BrFN3O2/c10-4-1-3(5-2-6(12)14-13-5)8(15)9(16)7(4)11/h1-2,15-16H,(H3,12,13,14). The highest BCUT2D eigenvalue weighted by atomic mass is 79.9. The summed E-state index contributed by atoms with van der Waals surface area (Å²) in [6, 6.07) is 2.77. The monoisotopic (exact) mass is 287 g/mol. The number of anilines is 1. The Labute approximate surface area is 97.8 Å². The first-order valence-corrected chi connectivity index (χ1v) is 5.01. The third-order valence-corrected chi connectivity index (χ3v) is 2.63. The predicted octanol–water partition coefficient (Wildman–Crippen LogP) is 1.97. The second-order valence-electron chi connectivity index (χ2n) is 3.12. The number of H-pyrrole nitrogens is 1. The van der Waals surface area contributed by atoms with Gasteiger partial charge in [0.15, 0.2) is 17.3 Å². The van der Waals surface area contributed by atoms with Gasteiger partial charge in [0.05, 0.1) is 10.2 Å². The third kappa shape index (κ3) is 1.58. The highest BCUT2D eigenvalue weighted by Crippen LogP contribution is 2.41. The van der Waals surface area contributed by atoms with Gasteiger partial charge in [0.2, 0.25) is 0 Å². The Morgan fingerprint density at radius 3 is 2.56 bits per heavy atom. The second-order valence-corrected chi connectivity index (χ2v) is 3.98. The molecule has 0 spiro atoms. The molecule has 0 unspecified atom stereocenters. The van der Waals surface area contributed by atoms with Crippen molar-refractivity contribution in [1.82, 2.24) is 10.2 Å². The van der Waals surface area contributed by atoms with Gasteiger partial charge in [0.25, 0.3) is 0 Å². The van der Waals surface area contributed by atoms with Crippen LogP contribution in [0.3, 0.4) is 0 Å². The zero-order valence-corrected chi connectivity index (χ0v) is 9.42. The average molecular weight is 288 g/mol. The van der Waals surface area contributed by atoms with Gasteiger partial charge in [0.1, 0.15) is 5.82 Å². The van der Waals surface area contributed by atoms with Crippen molar-refractivity contribution in [3.05, 3.63) is 22.4 Å². The van der Waals surface area contributed by atoms with Gasteiger partial charge in [-0.3, -0.25) is 5.10 Å². The van der Waals surface area contributed by atoms with Crippen LogP contribution in [-0.2, 0) is 0 Å². The van der Waals surface area contributed by atoms with E-state index in [1.165, 1.54) is 12.1 Å². The predicted molar refractivity (Wildman–Crippen MR) is 59.4 cm³/mol. The SMILES string of the molecule is Nc1cc(-c2cc(Br)c(F)c(O)c2O)[nH]n1. The van der Waals surface area contributed by atoms with Gasteiger partial charge in [0, 0.05) is 11.6 Å². The van der Waals surface area contributed by atoms with Crippen LogP contribution >= 0.6 is 15.9 Å². The van der Waals surface area contributed by atoms with Gasteiger partial charge in [-0.05, 0) is 22.0 Å². The summed E-state index contributed by atoms with van der Waals surface area (Å²) in [6.45, 7) is 0. The van der Waals surface area contributed by atoms with Crippen LogP contribution in [0.4, 0.5) is 10.2 Å². The number of nitrogen functional groups attached to an aromatic ring is 1. The quantitative estimate of drug-likeness (QED) is 0.603. The largest absolute Gasteiger partial charge is 0.504 e. The van der Waals surface area contributed by atoms with Gasteiger partial charge < -0.3 is 15.9 Å². The molecule has 5 N–H and O–H groups in total. The summed E-state index contributed by atoms with van der Waals surface area (Å²) in [6.07, 6.45) is 0. The molecule has 0 atom stereocenters. The smallest absolute Gasteiger partial charge is 0.195 e. The highest BCUT2D eigenvalue weighted by molar-refractivity contribution is 9.10. The van der Waals surface area contributed by atoms with E-state index in [4.69, 9.17) is 5.73 Å². The maximum Gasteiger partial charge on any atom is 0.195 e. The third-order valence-electron chi connectivity index (χ3n) is 2.06. The molecule has 2 aromatic rings. The number of benzene rings is 1. The minimum atomic E-state index is -0.922. The molecule has 5 nitrogen and oxygen atoms in total. The van der Waals surface area contributed by atoms with Crippen molar-refractivity contribution in [3.8, 4) is 22.8 Å². The summed E-state index contributed by atoms with van der Waals surface area (Å²) in [5, 5.41) is 25.1. The molecule has 1 heterocycles. The molecule has 0 bridgehead atoms. The Balaban J connectivity index is 2.66. The summed E-state index contributed by atoms with van der Waals surface area (Å²) in [5.41, 5.74) is 5.98. The van der Waals surface area contributed by atoms with Crippen molar-refractivity contribution >= 4 is 21.7 Å². The van der Waals surface area contributed by atoms with E-state index in [0.717, 1.165) is 0 Å². The molecular weight excluding hydrogens is 281 g/mol. The normalized spacial score (nSPS) is 10.6. The van der Waals surface area contributed by atoms with Crippen LogP contribution in [0.25, 0.3) is 11.3 Å². The van der Waals surface area contributed by atoms with E-state index in [1.807, 2.05) is 0 Å². The number of halogens is 2. The van der Waals surface area contributed by atoms with Gasteiger partial charge in [-0.15, -0.1) is 0 Å². The first-order chi connectivity index (χ1) is 7.50. The fourth-order valence-corrected chi connectivity index (χ4v) is 1.70. The van der Waals surface area contributed by atoms with Gasteiger partial charge in [-0.25, -0.2) is 4.39 Å². The number of nitrogens with two attached hydrogens (primary N) is 1. The van der Waals surface area contributed by atoms with Crippen LogP contribution in [0.1, 0.15) is 0 Å². The van der Waals surface area contributed by atoms with Crippen molar-refractivity contribution in [1.29, 1.82) is 0 Å². The number of aromatic nitrogens is 2. The fourth-order valence-electron chi connectivity index (χ4n) is 1.28. The Morgan fingerprint density at radius 1 is 1.31 bits per heavy atom. The number of hydrogen-bond donors (Lipinski definition) is 4. The van der Waals surface area contributed by atoms with Gasteiger partial charge >= 0.3 is 0 Å². The van der Waals surface area contributed by atoms with E-state index in [0.29, 0.717) is 5.69 Å². The molecule has 0 aliphatic rings. The molecule has 0 amide bonds. The lowest BCUT2D eigenvalue weighted by atomic mass is 10.1. The Morgan fingerprint density at radius 2 is 2.00 bits per heavy atom. The van der Waals surface area contributed by atoms with Crippen molar-refractivity contribution in [2.24, 2.45) is 0 Å². The lowest BCUT2D eigenvalue weighted by Gasteiger charge is -2.06. The number of phenolic OH excluding ortho intramolecular Hbond substituents is 2. The fraction of sp³-hybridized carbons (Fsp3) is 0. The van der Waals surface area contributed by atoms with Crippen LogP contribution in [0.15, 0.2) is 16.6 Å². The van der Waals surface area contributed by atoms with E-state index < -0.39 is 17.3 Å². The van der Waals surface area contributed by atoms with Crippen molar-refractivity contribution in [3.63, 3.8) is 0 Å². The van der Waals surface area contributed by atoms with Crippen molar-refractivity contribution in [2.45, 2.75) is 0 Å². The van der Waals surface area contributed by atoms with Crippen LogP contribution in [0.5, 0.6) is 11.5 Å². The molecule has 84 valence electrons. The summed E-state index contributed by atoms with van der Waals surface area (Å²) in [4.78, 5) is 0. The molecule has 16 heavy (non-hydrogen) atoms. The number of aromatic hydroxyl groups is 2. The molecule has 2 rings (SSSR count). The first-order valence-electron chi connectivity index (χ1n) is 4.22. The minimum Gasteiger partial charge on any atom is -0.504 e. The van der Waals surface area contributed by atoms with E-state index in [1.54, 1.807) is 0 Å². The summed E-state index contributed by atoms with van der Waals surface area (Å²) >= 11 is 2.92. The molecule has 0 radical (unpaired) electrons. The van der Waals surface area contributed by atoms with E-state index in [9.17, 15) is 14.6 Å². The second kappa shape index (κ2) is 3.67. The molecular formula is C9H7BrFN3O2. The zero-order valence-electron chi connectivity index (χ0n) is 7.83. The lowest BCUT2D eigenvalue weighted by molar-refractivity contribution is 0.379. The zero-order chi connectivity index (χ0) is 11.9. The number of phenols is 2. The molecule has 0 saturated heterocycles.